The highest BCUT2D eigenvalue weighted by atomic mass is 14.7. The molecule has 0 amide bonds. The van der Waals surface area contributed by atoms with Gasteiger partial charge in [0.05, 0.1) is 5.69 Å². The van der Waals surface area contributed by atoms with Crippen molar-refractivity contribution in [3.05, 3.63) is 54.2 Å². The molecule has 0 bridgehead atoms. The predicted octanol–water partition coefficient (Wildman–Crippen LogP) is 2.77. The summed E-state index contributed by atoms with van der Waals surface area (Å²) in [6.45, 7) is 1.99. The number of benzene rings is 1. The highest BCUT2D eigenvalue weighted by Gasteiger charge is 2.07. The lowest BCUT2D eigenvalue weighted by molar-refractivity contribution is 0.819. The highest BCUT2D eigenvalue weighted by molar-refractivity contribution is 5.64. The second-order valence-electron chi connectivity index (χ2n) is 3.59. The van der Waals surface area contributed by atoms with Crippen molar-refractivity contribution in [1.29, 1.82) is 0 Å². The van der Waals surface area contributed by atoms with Crippen LogP contribution in [0.2, 0.25) is 0 Å². The Balaban J connectivity index is 2.53. The molecule has 2 N–H and O–H groups in total. The van der Waals surface area contributed by atoms with E-state index in [-0.39, 0.29) is 6.04 Å². The van der Waals surface area contributed by atoms with Crippen LogP contribution in [0.25, 0.3) is 11.3 Å². The molecule has 1 atom stereocenters. The molecule has 1 aromatic carbocycles. The normalized spacial score (nSPS) is 12.4. The average Bonchev–Trinajstić information content (AvgIpc) is 2.30. The number of pyridine rings is 1. The van der Waals surface area contributed by atoms with Gasteiger partial charge in [0.2, 0.25) is 0 Å². The van der Waals surface area contributed by atoms with Crippen LogP contribution in [0.1, 0.15) is 18.5 Å². The molecule has 2 nitrogen and oxygen atoms in total. The largest absolute Gasteiger partial charge is 0.324 e. The Labute approximate surface area is 89.8 Å². The lowest BCUT2D eigenvalue weighted by atomic mass is 9.99. The van der Waals surface area contributed by atoms with Gasteiger partial charge in [0.25, 0.3) is 0 Å². The first-order chi connectivity index (χ1) is 7.29. The van der Waals surface area contributed by atoms with Gasteiger partial charge in [-0.3, -0.25) is 4.98 Å². The van der Waals surface area contributed by atoms with Crippen LogP contribution in [0.4, 0.5) is 0 Å². The van der Waals surface area contributed by atoms with E-state index in [1.165, 1.54) is 0 Å². The maximum absolute atomic E-state index is 5.92. The smallest absolute Gasteiger partial charge is 0.0705 e. The second kappa shape index (κ2) is 4.24. The number of nitrogens with zero attached hydrogens (tertiary/aromatic N) is 1. The van der Waals surface area contributed by atoms with Crippen molar-refractivity contribution in [3.63, 3.8) is 0 Å². The fourth-order valence-electron chi connectivity index (χ4n) is 1.65. The van der Waals surface area contributed by atoms with Crippen LogP contribution in [0.15, 0.2) is 48.7 Å². The van der Waals surface area contributed by atoms with Crippen LogP contribution in [0.3, 0.4) is 0 Å². The van der Waals surface area contributed by atoms with Crippen molar-refractivity contribution in [2.75, 3.05) is 0 Å². The van der Waals surface area contributed by atoms with E-state index < -0.39 is 0 Å². The van der Waals surface area contributed by atoms with Crippen LogP contribution in [0, 0.1) is 0 Å². The van der Waals surface area contributed by atoms with Gasteiger partial charge in [-0.1, -0.05) is 30.3 Å². The molecule has 15 heavy (non-hydrogen) atoms. The number of hydrogen-bond acceptors (Lipinski definition) is 2. The number of nitrogens with two attached hydrogens (primary N) is 1. The van der Waals surface area contributed by atoms with Crippen LogP contribution in [-0.2, 0) is 0 Å². The van der Waals surface area contributed by atoms with E-state index in [4.69, 9.17) is 5.73 Å². The summed E-state index contributed by atoms with van der Waals surface area (Å²) in [5, 5.41) is 0. The van der Waals surface area contributed by atoms with E-state index in [2.05, 4.69) is 17.1 Å². The Kier molecular flexibility index (Phi) is 2.79. The lowest BCUT2D eigenvalue weighted by Gasteiger charge is -2.11. The Morgan fingerprint density at radius 2 is 1.80 bits per heavy atom. The Bertz CT molecular complexity index is 435. The summed E-state index contributed by atoms with van der Waals surface area (Å²) in [7, 11) is 0. The quantitative estimate of drug-likeness (QED) is 0.805. The summed E-state index contributed by atoms with van der Waals surface area (Å²) in [6, 6.07) is 14.1. The third kappa shape index (κ3) is 2.05. The van der Waals surface area contributed by atoms with Gasteiger partial charge in [0, 0.05) is 17.8 Å². The number of rotatable bonds is 2. The van der Waals surface area contributed by atoms with Crippen molar-refractivity contribution in [3.8, 4) is 11.3 Å². The van der Waals surface area contributed by atoms with Gasteiger partial charge >= 0.3 is 0 Å². The molecular weight excluding hydrogens is 184 g/mol. The predicted molar refractivity (Wildman–Crippen MR) is 62.3 cm³/mol. The molecule has 2 rings (SSSR count). The van der Waals surface area contributed by atoms with Crippen molar-refractivity contribution >= 4 is 0 Å². The number of aromatic nitrogens is 1. The first-order valence-electron chi connectivity index (χ1n) is 5.05. The zero-order chi connectivity index (χ0) is 10.7. The van der Waals surface area contributed by atoms with Crippen molar-refractivity contribution < 1.29 is 0 Å². The first-order valence-corrected chi connectivity index (χ1v) is 5.05. The molecule has 0 spiro atoms. The highest BCUT2D eigenvalue weighted by Crippen LogP contribution is 2.24. The SMILES string of the molecule is C[C@@H](N)c1ccccc1-c1ccccn1. The fourth-order valence-corrected chi connectivity index (χ4v) is 1.65. The van der Waals surface area contributed by atoms with E-state index in [1.807, 2.05) is 37.3 Å². The van der Waals surface area contributed by atoms with Crippen LogP contribution < -0.4 is 5.73 Å². The monoisotopic (exact) mass is 198 g/mol. The molecule has 0 aliphatic carbocycles. The van der Waals surface area contributed by atoms with Crippen molar-refractivity contribution in [2.45, 2.75) is 13.0 Å². The molecule has 0 radical (unpaired) electrons. The summed E-state index contributed by atoms with van der Waals surface area (Å²) in [6.07, 6.45) is 1.80. The maximum atomic E-state index is 5.92. The summed E-state index contributed by atoms with van der Waals surface area (Å²) in [5.41, 5.74) is 9.16. The summed E-state index contributed by atoms with van der Waals surface area (Å²) in [4.78, 5) is 4.34. The van der Waals surface area contributed by atoms with E-state index in [9.17, 15) is 0 Å². The molecule has 0 aliphatic rings. The van der Waals surface area contributed by atoms with E-state index >= 15 is 0 Å². The molecule has 0 aliphatic heterocycles. The molecular formula is C13H14N2. The molecule has 0 fully saturated rings. The minimum absolute atomic E-state index is 0.0307. The Morgan fingerprint density at radius 1 is 1.07 bits per heavy atom. The van der Waals surface area contributed by atoms with Gasteiger partial charge in [0.15, 0.2) is 0 Å². The third-order valence-electron chi connectivity index (χ3n) is 2.39. The van der Waals surface area contributed by atoms with Gasteiger partial charge in [-0.15, -0.1) is 0 Å². The fraction of sp³-hybridized carbons (Fsp3) is 0.154. The van der Waals surface area contributed by atoms with Gasteiger partial charge in [-0.05, 0) is 24.6 Å². The van der Waals surface area contributed by atoms with Crippen molar-refractivity contribution in [2.24, 2.45) is 5.73 Å². The lowest BCUT2D eigenvalue weighted by Crippen LogP contribution is -2.06. The molecule has 0 unspecified atom stereocenters. The van der Waals surface area contributed by atoms with Crippen LogP contribution >= 0.6 is 0 Å². The van der Waals surface area contributed by atoms with Gasteiger partial charge in [-0.2, -0.15) is 0 Å². The second-order valence-corrected chi connectivity index (χ2v) is 3.59. The molecule has 76 valence electrons. The zero-order valence-corrected chi connectivity index (χ0v) is 8.72. The standard InChI is InChI=1S/C13H14N2/c1-10(14)11-6-2-3-7-12(11)13-8-4-5-9-15-13/h2-10H,14H2,1H3/t10-/m1/s1. The third-order valence-corrected chi connectivity index (χ3v) is 2.39. The van der Waals surface area contributed by atoms with E-state index in [0.29, 0.717) is 0 Å². The topological polar surface area (TPSA) is 38.9 Å². The average molecular weight is 198 g/mol. The first kappa shape index (κ1) is 9.87. The minimum Gasteiger partial charge on any atom is -0.324 e. The molecule has 2 aromatic rings. The van der Waals surface area contributed by atoms with Gasteiger partial charge in [0.1, 0.15) is 0 Å². The Hall–Kier alpha value is -1.67. The Morgan fingerprint density at radius 3 is 2.47 bits per heavy atom. The molecule has 1 heterocycles. The molecule has 2 heteroatoms. The van der Waals surface area contributed by atoms with Gasteiger partial charge in [-0.25, -0.2) is 0 Å². The summed E-state index contributed by atoms with van der Waals surface area (Å²) < 4.78 is 0. The van der Waals surface area contributed by atoms with Crippen molar-refractivity contribution in [1.82, 2.24) is 4.98 Å². The van der Waals surface area contributed by atoms with Crippen LogP contribution in [0.5, 0.6) is 0 Å². The summed E-state index contributed by atoms with van der Waals surface area (Å²) >= 11 is 0. The summed E-state index contributed by atoms with van der Waals surface area (Å²) in [5.74, 6) is 0. The van der Waals surface area contributed by atoms with E-state index in [0.717, 1.165) is 16.8 Å². The maximum Gasteiger partial charge on any atom is 0.0705 e. The number of hydrogen-bond donors (Lipinski definition) is 1. The molecule has 0 saturated heterocycles. The minimum atomic E-state index is 0.0307. The van der Waals surface area contributed by atoms with Gasteiger partial charge < -0.3 is 5.73 Å². The molecule has 1 aromatic heterocycles. The zero-order valence-electron chi connectivity index (χ0n) is 8.72. The van der Waals surface area contributed by atoms with E-state index in [1.54, 1.807) is 6.20 Å². The molecule has 0 saturated carbocycles. The van der Waals surface area contributed by atoms with Crippen LogP contribution in [-0.4, -0.2) is 4.98 Å².